The summed E-state index contributed by atoms with van der Waals surface area (Å²) in [6.45, 7) is 1.83. The fourth-order valence-corrected chi connectivity index (χ4v) is 4.44. The lowest BCUT2D eigenvalue weighted by Gasteiger charge is -2.40. The van der Waals surface area contributed by atoms with E-state index in [0.29, 0.717) is 6.04 Å². The number of nitrogens with one attached hydrogen (secondary N) is 1. The number of fused-ring (bicyclic) bond motifs is 1. The topological polar surface area (TPSA) is 37.4 Å². The molecule has 1 aromatic carbocycles. The van der Waals surface area contributed by atoms with Crippen molar-refractivity contribution in [1.82, 2.24) is 15.2 Å². The molecule has 1 aromatic heterocycles. The van der Waals surface area contributed by atoms with E-state index in [4.69, 9.17) is 4.74 Å². The zero-order valence-corrected chi connectivity index (χ0v) is 14.9. The van der Waals surface area contributed by atoms with E-state index in [1.165, 1.54) is 36.8 Å². The third-order valence-corrected chi connectivity index (χ3v) is 5.98. The van der Waals surface area contributed by atoms with Crippen LogP contribution in [0.15, 0.2) is 23.7 Å². The number of aromatic nitrogens is 1. The van der Waals surface area contributed by atoms with E-state index in [9.17, 15) is 0 Å². The van der Waals surface area contributed by atoms with E-state index in [1.54, 1.807) is 11.3 Å². The Morgan fingerprint density at radius 1 is 1.26 bits per heavy atom. The first-order valence-corrected chi connectivity index (χ1v) is 9.76. The molecule has 4 nitrogen and oxygen atoms in total. The molecule has 0 radical (unpaired) electrons. The largest absolute Gasteiger partial charge is 0.485 e. The fourth-order valence-electron chi connectivity index (χ4n) is 3.36. The highest BCUT2D eigenvalue weighted by molar-refractivity contribution is 7.20. The van der Waals surface area contributed by atoms with Crippen molar-refractivity contribution in [1.29, 1.82) is 0 Å². The van der Waals surface area contributed by atoms with Gasteiger partial charge in [-0.2, -0.15) is 0 Å². The molecule has 0 spiro atoms. The highest BCUT2D eigenvalue weighted by atomic mass is 32.1. The second kappa shape index (κ2) is 6.86. The van der Waals surface area contributed by atoms with Crippen LogP contribution in [-0.2, 0) is 0 Å². The number of nitrogens with zero attached hydrogens (tertiary/aromatic N) is 2. The number of hydrogen-bond acceptors (Lipinski definition) is 3. The Labute approximate surface area is 143 Å². The molecule has 2 fully saturated rings. The van der Waals surface area contributed by atoms with E-state index in [-0.39, 0.29) is 6.10 Å². The van der Waals surface area contributed by atoms with Crippen LogP contribution in [0.1, 0.15) is 32.1 Å². The number of rotatable bonds is 5. The molecule has 2 heterocycles. The minimum absolute atomic E-state index is 0.238. The maximum atomic E-state index is 6.13. The molecule has 1 aliphatic heterocycles. The SMILES string of the molecule is P=C(NC1CCCCC1)N1CC(Oc2cccc3scnc23)C1. The summed E-state index contributed by atoms with van der Waals surface area (Å²) in [5, 5.41) is 3.62. The van der Waals surface area contributed by atoms with Gasteiger partial charge in [0.25, 0.3) is 0 Å². The van der Waals surface area contributed by atoms with Crippen molar-refractivity contribution in [2.45, 2.75) is 44.2 Å². The number of likely N-dealkylation sites (tertiary alicyclic amines) is 1. The van der Waals surface area contributed by atoms with Crippen molar-refractivity contribution in [3.63, 3.8) is 0 Å². The van der Waals surface area contributed by atoms with Gasteiger partial charge in [0, 0.05) is 19.1 Å². The molecule has 1 saturated heterocycles. The summed E-state index contributed by atoms with van der Waals surface area (Å²) in [5.41, 5.74) is 3.98. The van der Waals surface area contributed by atoms with Gasteiger partial charge in [-0.15, -0.1) is 11.3 Å². The van der Waals surface area contributed by atoms with Gasteiger partial charge in [0.05, 0.1) is 15.8 Å². The van der Waals surface area contributed by atoms with Crippen LogP contribution >= 0.6 is 20.2 Å². The Hall–Kier alpha value is -1.00. The van der Waals surface area contributed by atoms with Gasteiger partial charge in [-0.3, -0.25) is 10.2 Å². The molecule has 1 saturated carbocycles. The van der Waals surface area contributed by atoms with Crippen molar-refractivity contribution in [3.8, 4) is 5.75 Å². The summed E-state index contributed by atoms with van der Waals surface area (Å²) in [6.07, 6.45) is 6.89. The van der Waals surface area contributed by atoms with E-state index >= 15 is 0 Å². The summed E-state index contributed by atoms with van der Waals surface area (Å²) < 4.78 is 7.32. The van der Waals surface area contributed by atoms with Gasteiger partial charge in [-0.25, -0.2) is 4.98 Å². The molecule has 2 aromatic rings. The molecule has 122 valence electrons. The van der Waals surface area contributed by atoms with Crippen LogP contribution in [0.3, 0.4) is 0 Å². The van der Waals surface area contributed by atoms with Crippen molar-refractivity contribution in [3.05, 3.63) is 23.7 Å². The predicted octanol–water partition coefficient (Wildman–Crippen LogP) is 3.51. The number of ether oxygens (including phenoxy) is 1. The van der Waals surface area contributed by atoms with E-state index in [2.05, 4.69) is 30.1 Å². The summed E-state index contributed by atoms with van der Waals surface area (Å²) >= 11 is 1.66. The fraction of sp³-hybridized carbons (Fsp3) is 0.529. The van der Waals surface area contributed by atoms with Gasteiger partial charge < -0.3 is 4.74 Å². The Kier molecular flexibility index (Phi) is 4.63. The normalized spacial score (nSPS) is 20.5. The number of hydrogen-bond donors (Lipinski definition) is 1. The third-order valence-electron chi connectivity index (χ3n) is 4.73. The predicted molar refractivity (Wildman–Crippen MR) is 98.9 cm³/mol. The first kappa shape index (κ1) is 15.5. The molecule has 0 atom stereocenters. The Balaban J connectivity index is 1.29. The van der Waals surface area contributed by atoms with Crippen LogP contribution in [0.2, 0.25) is 0 Å². The highest BCUT2D eigenvalue weighted by Crippen LogP contribution is 2.29. The Morgan fingerprint density at radius 3 is 2.91 bits per heavy atom. The van der Waals surface area contributed by atoms with Gasteiger partial charge in [0.15, 0.2) is 0 Å². The van der Waals surface area contributed by atoms with Crippen molar-refractivity contribution in [2.75, 3.05) is 13.1 Å². The molecular weight excluding hydrogens is 325 g/mol. The monoisotopic (exact) mass is 347 g/mol. The standard InChI is InChI=1S/C17H22N3OPS/c22-17(19-12-5-2-1-3-6-12)20-9-13(10-20)21-14-7-4-8-15-16(14)18-11-23-15/h4,7-8,11-13,19,22H,1-3,5-6,9-10H2. The zero-order valence-electron chi connectivity index (χ0n) is 13.1. The molecule has 4 rings (SSSR count). The van der Waals surface area contributed by atoms with Gasteiger partial charge in [-0.1, -0.05) is 34.2 Å². The van der Waals surface area contributed by atoms with E-state index < -0.39 is 0 Å². The number of benzene rings is 1. The van der Waals surface area contributed by atoms with E-state index in [1.807, 2.05) is 17.6 Å². The van der Waals surface area contributed by atoms with Crippen molar-refractivity contribution < 1.29 is 4.74 Å². The Morgan fingerprint density at radius 2 is 2.09 bits per heavy atom. The third kappa shape index (κ3) is 3.43. The molecule has 6 heteroatoms. The van der Waals surface area contributed by atoms with Crippen LogP contribution < -0.4 is 10.1 Å². The maximum Gasteiger partial charge on any atom is 0.146 e. The van der Waals surface area contributed by atoms with Gasteiger partial charge in [0.1, 0.15) is 17.4 Å². The first-order chi connectivity index (χ1) is 11.3. The lowest BCUT2D eigenvalue weighted by Crippen LogP contribution is -2.59. The van der Waals surface area contributed by atoms with Gasteiger partial charge >= 0.3 is 0 Å². The maximum absolute atomic E-state index is 6.13. The van der Waals surface area contributed by atoms with Crippen LogP contribution in [0.25, 0.3) is 10.2 Å². The lowest BCUT2D eigenvalue weighted by molar-refractivity contribution is 0.0674. The highest BCUT2D eigenvalue weighted by Gasteiger charge is 2.32. The molecule has 0 bridgehead atoms. The second-order valence-electron chi connectivity index (χ2n) is 6.43. The van der Waals surface area contributed by atoms with Crippen LogP contribution in [0.5, 0.6) is 5.75 Å². The van der Waals surface area contributed by atoms with Crippen molar-refractivity contribution >= 4 is 36.0 Å². The smallest absolute Gasteiger partial charge is 0.146 e. The molecule has 0 unspecified atom stereocenters. The molecular formula is C17H22N3OPS. The molecule has 1 aliphatic carbocycles. The minimum Gasteiger partial charge on any atom is -0.485 e. The van der Waals surface area contributed by atoms with Crippen LogP contribution in [-0.4, -0.2) is 40.7 Å². The number of para-hydroxylation sites is 1. The van der Waals surface area contributed by atoms with Crippen LogP contribution in [0, 0.1) is 0 Å². The van der Waals surface area contributed by atoms with Crippen molar-refractivity contribution in [2.24, 2.45) is 0 Å². The number of thiazole rings is 1. The summed E-state index contributed by atoms with van der Waals surface area (Å²) in [6, 6.07) is 6.77. The molecule has 0 amide bonds. The average molecular weight is 347 g/mol. The van der Waals surface area contributed by atoms with Gasteiger partial charge in [-0.05, 0) is 25.0 Å². The Bertz CT molecular complexity index is 692. The summed E-state index contributed by atoms with van der Waals surface area (Å²) in [5.74, 6) is 0.907. The molecule has 2 aliphatic rings. The second-order valence-corrected chi connectivity index (χ2v) is 7.79. The molecule has 1 N–H and O–H groups in total. The van der Waals surface area contributed by atoms with E-state index in [0.717, 1.165) is 29.9 Å². The summed E-state index contributed by atoms with van der Waals surface area (Å²) in [7, 11) is 3.76. The van der Waals surface area contributed by atoms with Gasteiger partial charge in [0.2, 0.25) is 0 Å². The average Bonchev–Trinajstić information content (AvgIpc) is 3.00. The first-order valence-electron chi connectivity index (χ1n) is 8.38. The zero-order chi connectivity index (χ0) is 15.6. The minimum atomic E-state index is 0.238. The quantitative estimate of drug-likeness (QED) is 0.840. The lowest BCUT2D eigenvalue weighted by atomic mass is 9.96. The summed E-state index contributed by atoms with van der Waals surface area (Å²) in [4.78, 5) is 6.72. The molecule has 23 heavy (non-hydrogen) atoms. The van der Waals surface area contributed by atoms with Crippen LogP contribution in [0.4, 0.5) is 0 Å².